The number of halogens is 1. The Balaban J connectivity index is 1.47. The second kappa shape index (κ2) is 8.20. The van der Waals surface area contributed by atoms with E-state index in [1.54, 1.807) is 55.6 Å². The Labute approximate surface area is 150 Å². The molecular weight excluding hydrogens is 337 g/mol. The van der Waals surface area contributed by atoms with Gasteiger partial charge in [0.15, 0.2) is 6.61 Å². The van der Waals surface area contributed by atoms with Gasteiger partial charge in [-0.05, 0) is 60.7 Å². The van der Waals surface area contributed by atoms with Gasteiger partial charge in [-0.1, -0.05) is 0 Å². The summed E-state index contributed by atoms with van der Waals surface area (Å²) in [7, 11) is 1.58. The predicted octanol–water partition coefficient (Wildman–Crippen LogP) is 3.79. The highest BCUT2D eigenvalue weighted by Crippen LogP contribution is 2.22. The highest BCUT2D eigenvalue weighted by atomic mass is 19.1. The van der Waals surface area contributed by atoms with Crippen molar-refractivity contribution in [1.29, 1.82) is 0 Å². The number of hydrogen-bond donors (Lipinski definition) is 1. The highest BCUT2D eigenvalue weighted by molar-refractivity contribution is 5.77. The summed E-state index contributed by atoms with van der Waals surface area (Å²) in [5.74, 6) is 1.95. The third-order valence-electron chi connectivity index (χ3n) is 3.68. The third-order valence-corrected chi connectivity index (χ3v) is 3.68. The molecule has 5 nitrogen and oxygen atoms in total. The van der Waals surface area contributed by atoms with Crippen molar-refractivity contribution >= 4 is 5.91 Å². The minimum absolute atomic E-state index is 0.0993. The summed E-state index contributed by atoms with van der Waals surface area (Å²) in [4.78, 5) is 11.9. The van der Waals surface area contributed by atoms with Crippen LogP contribution in [0.25, 0.3) is 11.3 Å². The largest absolute Gasteiger partial charge is 0.497 e. The lowest BCUT2D eigenvalue weighted by atomic mass is 10.2. The summed E-state index contributed by atoms with van der Waals surface area (Å²) >= 11 is 0. The minimum atomic E-state index is -0.301. The van der Waals surface area contributed by atoms with Crippen molar-refractivity contribution in [2.24, 2.45) is 0 Å². The van der Waals surface area contributed by atoms with Gasteiger partial charge in [0.05, 0.1) is 13.7 Å². The summed E-state index contributed by atoms with van der Waals surface area (Å²) in [5, 5.41) is 2.72. The molecule has 0 radical (unpaired) electrons. The van der Waals surface area contributed by atoms with Crippen LogP contribution in [0.2, 0.25) is 0 Å². The van der Waals surface area contributed by atoms with E-state index < -0.39 is 0 Å². The molecule has 0 aliphatic rings. The van der Waals surface area contributed by atoms with Crippen LogP contribution in [-0.2, 0) is 11.3 Å². The molecule has 0 saturated heterocycles. The fourth-order valence-corrected chi connectivity index (χ4v) is 2.30. The van der Waals surface area contributed by atoms with E-state index in [2.05, 4.69) is 5.32 Å². The molecule has 134 valence electrons. The number of hydrogen-bond acceptors (Lipinski definition) is 4. The van der Waals surface area contributed by atoms with Crippen LogP contribution in [0.3, 0.4) is 0 Å². The van der Waals surface area contributed by atoms with E-state index in [1.165, 1.54) is 12.1 Å². The van der Waals surface area contributed by atoms with E-state index >= 15 is 0 Å². The number of benzene rings is 2. The number of amides is 1. The van der Waals surface area contributed by atoms with Crippen LogP contribution < -0.4 is 14.8 Å². The van der Waals surface area contributed by atoms with E-state index in [9.17, 15) is 9.18 Å². The van der Waals surface area contributed by atoms with Gasteiger partial charge < -0.3 is 19.2 Å². The molecule has 0 spiro atoms. The maximum Gasteiger partial charge on any atom is 0.258 e. The third kappa shape index (κ3) is 4.63. The molecule has 0 aliphatic carbocycles. The van der Waals surface area contributed by atoms with Crippen molar-refractivity contribution in [2.45, 2.75) is 6.54 Å². The van der Waals surface area contributed by atoms with E-state index in [-0.39, 0.29) is 24.9 Å². The van der Waals surface area contributed by atoms with Gasteiger partial charge in [0.1, 0.15) is 28.8 Å². The monoisotopic (exact) mass is 355 g/mol. The van der Waals surface area contributed by atoms with Crippen molar-refractivity contribution < 1.29 is 23.1 Å². The van der Waals surface area contributed by atoms with Gasteiger partial charge in [-0.3, -0.25) is 4.79 Å². The van der Waals surface area contributed by atoms with Gasteiger partial charge in [0.2, 0.25) is 0 Å². The molecule has 1 N–H and O–H groups in total. The predicted molar refractivity (Wildman–Crippen MR) is 94.4 cm³/mol. The highest BCUT2D eigenvalue weighted by Gasteiger charge is 2.08. The standard InChI is InChI=1S/C20H18FNO4/c1-24-16-6-8-17(9-7-16)25-13-20(23)22-12-18-10-11-19(26-18)14-2-4-15(21)5-3-14/h2-11H,12-13H2,1H3,(H,22,23). The zero-order valence-corrected chi connectivity index (χ0v) is 14.2. The van der Waals surface area contributed by atoms with Crippen LogP contribution in [0.5, 0.6) is 11.5 Å². The fourth-order valence-electron chi connectivity index (χ4n) is 2.30. The average Bonchev–Trinajstić information content (AvgIpc) is 3.14. The van der Waals surface area contributed by atoms with Crippen LogP contribution >= 0.6 is 0 Å². The first-order chi connectivity index (χ1) is 12.6. The lowest BCUT2D eigenvalue weighted by Gasteiger charge is -2.07. The number of carbonyl (C=O) groups is 1. The molecule has 1 amide bonds. The van der Waals surface area contributed by atoms with E-state index in [4.69, 9.17) is 13.9 Å². The SMILES string of the molecule is COc1ccc(OCC(=O)NCc2ccc(-c3ccc(F)cc3)o2)cc1. The molecule has 0 fully saturated rings. The number of rotatable bonds is 7. The molecule has 6 heteroatoms. The lowest BCUT2D eigenvalue weighted by molar-refractivity contribution is -0.123. The minimum Gasteiger partial charge on any atom is -0.497 e. The number of nitrogens with one attached hydrogen (secondary N) is 1. The number of methoxy groups -OCH3 is 1. The first-order valence-electron chi connectivity index (χ1n) is 8.02. The van der Waals surface area contributed by atoms with E-state index in [1.807, 2.05) is 0 Å². The van der Waals surface area contributed by atoms with Gasteiger partial charge in [-0.15, -0.1) is 0 Å². The van der Waals surface area contributed by atoms with Gasteiger partial charge in [0.25, 0.3) is 5.91 Å². The Bertz CT molecular complexity index is 856. The van der Waals surface area contributed by atoms with Gasteiger partial charge in [0, 0.05) is 5.56 Å². The second-order valence-electron chi connectivity index (χ2n) is 5.51. The maximum atomic E-state index is 13.0. The van der Waals surface area contributed by atoms with Crippen LogP contribution in [0, 0.1) is 5.82 Å². The Morgan fingerprint density at radius 1 is 1.00 bits per heavy atom. The van der Waals surface area contributed by atoms with Gasteiger partial charge in [-0.25, -0.2) is 4.39 Å². The Hall–Kier alpha value is -3.28. The van der Waals surface area contributed by atoms with Crippen LogP contribution in [-0.4, -0.2) is 19.6 Å². The molecule has 1 heterocycles. The Morgan fingerprint density at radius 3 is 2.38 bits per heavy atom. The average molecular weight is 355 g/mol. The molecule has 3 aromatic rings. The molecule has 0 bridgehead atoms. The molecular formula is C20H18FNO4. The smallest absolute Gasteiger partial charge is 0.258 e. The maximum absolute atomic E-state index is 13.0. The summed E-state index contributed by atoms with van der Waals surface area (Å²) in [6, 6.07) is 16.5. The molecule has 2 aromatic carbocycles. The lowest BCUT2D eigenvalue weighted by Crippen LogP contribution is -2.28. The Kier molecular flexibility index (Phi) is 5.53. The zero-order chi connectivity index (χ0) is 18.4. The Morgan fingerprint density at radius 2 is 1.69 bits per heavy atom. The van der Waals surface area contributed by atoms with Crippen molar-refractivity contribution in [3.8, 4) is 22.8 Å². The van der Waals surface area contributed by atoms with Gasteiger partial charge >= 0.3 is 0 Å². The number of furan rings is 1. The molecule has 26 heavy (non-hydrogen) atoms. The van der Waals surface area contributed by atoms with Crippen molar-refractivity contribution in [3.63, 3.8) is 0 Å². The summed E-state index contributed by atoms with van der Waals surface area (Å²) < 4.78 is 29.1. The quantitative estimate of drug-likeness (QED) is 0.700. The zero-order valence-electron chi connectivity index (χ0n) is 14.2. The first-order valence-corrected chi connectivity index (χ1v) is 8.02. The molecule has 0 saturated carbocycles. The van der Waals surface area contributed by atoms with E-state index in [0.717, 1.165) is 11.3 Å². The van der Waals surface area contributed by atoms with Crippen molar-refractivity contribution in [2.75, 3.05) is 13.7 Å². The van der Waals surface area contributed by atoms with Crippen LogP contribution in [0.15, 0.2) is 65.1 Å². The van der Waals surface area contributed by atoms with Gasteiger partial charge in [-0.2, -0.15) is 0 Å². The summed E-state index contributed by atoms with van der Waals surface area (Å²) in [5.41, 5.74) is 0.770. The van der Waals surface area contributed by atoms with Crippen molar-refractivity contribution in [1.82, 2.24) is 5.32 Å². The van der Waals surface area contributed by atoms with Crippen LogP contribution in [0.1, 0.15) is 5.76 Å². The topological polar surface area (TPSA) is 60.7 Å². The van der Waals surface area contributed by atoms with E-state index in [0.29, 0.717) is 17.3 Å². The number of carbonyl (C=O) groups excluding carboxylic acids is 1. The molecule has 1 aromatic heterocycles. The van der Waals surface area contributed by atoms with Crippen LogP contribution in [0.4, 0.5) is 4.39 Å². The number of ether oxygens (including phenoxy) is 2. The summed E-state index contributed by atoms with van der Waals surface area (Å²) in [6.07, 6.45) is 0. The summed E-state index contributed by atoms with van der Waals surface area (Å²) in [6.45, 7) is 0.143. The molecule has 0 unspecified atom stereocenters. The molecule has 0 aliphatic heterocycles. The van der Waals surface area contributed by atoms with Crippen molar-refractivity contribution in [3.05, 3.63) is 72.2 Å². The fraction of sp³-hybridized carbons (Fsp3) is 0.150. The first kappa shape index (κ1) is 17.5. The molecule has 3 rings (SSSR count). The second-order valence-corrected chi connectivity index (χ2v) is 5.51. The molecule has 0 atom stereocenters. The normalized spacial score (nSPS) is 10.4.